The van der Waals surface area contributed by atoms with Gasteiger partial charge in [-0.15, -0.1) is 21.5 Å². The van der Waals surface area contributed by atoms with Gasteiger partial charge in [0, 0.05) is 17.0 Å². The molecule has 5 rings (SSSR count). The van der Waals surface area contributed by atoms with Crippen molar-refractivity contribution >= 4 is 29.0 Å². The number of aryl methyl sites for hydroxylation is 1. The smallest absolute Gasteiger partial charge is 0.230 e. The molecule has 0 saturated heterocycles. The molecule has 1 unspecified atom stereocenters. The van der Waals surface area contributed by atoms with Crippen LogP contribution in [-0.4, -0.2) is 26.4 Å². The van der Waals surface area contributed by atoms with Gasteiger partial charge >= 0.3 is 0 Å². The molecule has 1 aliphatic rings. The second-order valence-corrected chi connectivity index (χ2v) is 10.4. The molecule has 2 aromatic heterocycles. The van der Waals surface area contributed by atoms with Gasteiger partial charge in [-0.1, -0.05) is 65.9 Å². The average molecular weight is 475 g/mol. The van der Waals surface area contributed by atoms with Gasteiger partial charge < -0.3 is 5.32 Å². The first kappa shape index (κ1) is 21.9. The van der Waals surface area contributed by atoms with Crippen LogP contribution in [0.2, 0.25) is 0 Å². The molecule has 33 heavy (non-hydrogen) atoms. The van der Waals surface area contributed by atoms with Crippen molar-refractivity contribution in [1.82, 2.24) is 20.1 Å². The Labute approximate surface area is 202 Å². The van der Waals surface area contributed by atoms with Crippen LogP contribution >= 0.6 is 23.1 Å². The first-order valence-corrected chi connectivity index (χ1v) is 13.0. The molecule has 1 atom stereocenters. The van der Waals surface area contributed by atoms with E-state index in [4.69, 9.17) is 0 Å². The van der Waals surface area contributed by atoms with Crippen molar-refractivity contribution in [1.29, 1.82) is 0 Å². The lowest BCUT2D eigenvalue weighted by atomic mass is 10.0. The summed E-state index contributed by atoms with van der Waals surface area (Å²) in [6.07, 6.45) is 3.05. The topological polar surface area (TPSA) is 59.8 Å². The Bertz CT molecular complexity index is 1200. The molecule has 0 spiro atoms. The van der Waals surface area contributed by atoms with Crippen molar-refractivity contribution in [3.05, 3.63) is 93.9 Å². The van der Waals surface area contributed by atoms with Crippen LogP contribution in [0.15, 0.2) is 77.3 Å². The number of carbonyl (C=O) groups is 1. The third-order valence-electron chi connectivity index (χ3n) is 5.81. The van der Waals surface area contributed by atoms with Gasteiger partial charge in [-0.2, -0.15) is 0 Å². The molecule has 2 heterocycles. The number of aromatic nitrogens is 3. The predicted molar refractivity (Wildman–Crippen MR) is 134 cm³/mol. The van der Waals surface area contributed by atoms with E-state index in [1.807, 2.05) is 36.4 Å². The van der Waals surface area contributed by atoms with Crippen molar-refractivity contribution in [3.63, 3.8) is 0 Å². The van der Waals surface area contributed by atoms with Gasteiger partial charge in [0.15, 0.2) is 5.16 Å². The van der Waals surface area contributed by atoms with Crippen molar-refractivity contribution in [2.24, 2.45) is 5.92 Å². The minimum Gasteiger partial charge on any atom is -0.348 e. The van der Waals surface area contributed by atoms with Gasteiger partial charge in [0.05, 0.1) is 11.8 Å². The molecular formula is C26H26N4OS2. The quantitative estimate of drug-likeness (QED) is 0.321. The van der Waals surface area contributed by atoms with Gasteiger partial charge in [-0.3, -0.25) is 9.36 Å². The molecule has 0 aliphatic heterocycles. The van der Waals surface area contributed by atoms with E-state index in [0.717, 1.165) is 16.7 Å². The summed E-state index contributed by atoms with van der Waals surface area (Å²) in [5.74, 6) is 1.74. The maximum atomic E-state index is 12.9. The number of rotatable bonds is 9. The normalized spacial score (nSPS) is 14.2. The lowest BCUT2D eigenvalue weighted by Gasteiger charge is -2.19. The fourth-order valence-electron chi connectivity index (χ4n) is 3.94. The summed E-state index contributed by atoms with van der Waals surface area (Å²) in [6, 6.07) is 22.8. The number of thiophene rings is 1. The zero-order valence-corrected chi connectivity index (χ0v) is 20.1. The predicted octanol–water partition coefficient (Wildman–Crippen LogP) is 5.59. The van der Waals surface area contributed by atoms with E-state index in [2.05, 4.69) is 62.7 Å². The highest BCUT2D eigenvalue weighted by Gasteiger charge is 2.33. The highest BCUT2D eigenvalue weighted by Crippen LogP contribution is 2.41. The van der Waals surface area contributed by atoms with Crippen LogP contribution in [0.3, 0.4) is 0 Å². The molecule has 1 fully saturated rings. The average Bonchev–Trinajstić information content (AvgIpc) is 3.40. The van der Waals surface area contributed by atoms with Crippen LogP contribution in [0.5, 0.6) is 0 Å². The second-order valence-electron chi connectivity index (χ2n) is 8.41. The third-order valence-corrected chi connectivity index (χ3v) is 7.61. The lowest BCUT2D eigenvalue weighted by Crippen LogP contribution is -2.31. The summed E-state index contributed by atoms with van der Waals surface area (Å²) in [6.45, 7) is 2.08. The zero-order chi connectivity index (χ0) is 22.6. The number of carbonyl (C=O) groups excluding carboxylic acids is 1. The highest BCUT2D eigenvalue weighted by molar-refractivity contribution is 7.99. The van der Waals surface area contributed by atoms with E-state index < -0.39 is 0 Å². The summed E-state index contributed by atoms with van der Waals surface area (Å²) >= 11 is 3.15. The van der Waals surface area contributed by atoms with Gasteiger partial charge in [0.1, 0.15) is 5.82 Å². The Balaban J connectivity index is 1.31. The fraction of sp³-hybridized carbons (Fsp3) is 0.269. The number of hydrogen-bond donors (Lipinski definition) is 1. The number of hydrogen-bond acceptors (Lipinski definition) is 5. The molecule has 0 bridgehead atoms. The number of para-hydroxylation sites is 1. The van der Waals surface area contributed by atoms with E-state index in [0.29, 0.717) is 18.1 Å². The fourth-order valence-corrected chi connectivity index (χ4v) is 5.42. The summed E-state index contributed by atoms with van der Waals surface area (Å²) in [4.78, 5) is 14.2. The zero-order valence-electron chi connectivity index (χ0n) is 18.5. The second kappa shape index (κ2) is 9.93. The number of nitrogens with one attached hydrogen (secondary N) is 1. The van der Waals surface area contributed by atoms with E-state index >= 15 is 0 Å². The molecule has 1 saturated carbocycles. The molecule has 5 nitrogen and oxygen atoms in total. The number of amides is 1. The van der Waals surface area contributed by atoms with E-state index in [1.165, 1.54) is 40.6 Å². The Morgan fingerprint density at radius 1 is 1.09 bits per heavy atom. The highest BCUT2D eigenvalue weighted by atomic mass is 32.2. The van der Waals surface area contributed by atoms with Crippen LogP contribution in [-0.2, 0) is 11.2 Å². The summed E-state index contributed by atoms with van der Waals surface area (Å²) in [7, 11) is 0. The van der Waals surface area contributed by atoms with Crippen LogP contribution < -0.4 is 5.32 Å². The summed E-state index contributed by atoms with van der Waals surface area (Å²) in [5.41, 5.74) is 3.42. The van der Waals surface area contributed by atoms with E-state index in [1.54, 1.807) is 11.3 Å². The van der Waals surface area contributed by atoms with Crippen molar-refractivity contribution in [2.45, 2.75) is 37.4 Å². The SMILES string of the molecule is Cc1ccc(C(NC(=O)CSc2nnc(Cc3cccs3)n2-c2ccccc2)C2CC2)cc1. The molecule has 168 valence electrons. The van der Waals surface area contributed by atoms with Gasteiger partial charge in [-0.05, 0) is 54.8 Å². The van der Waals surface area contributed by atoms with E-state index in [-0.39, 0.29) is 11.9 Å². The molecule has 4 aromatic rings. The standard InChI is InChI=1S/C26H26N4OS2/c1-18-9-11-19(12-10-18)25(20-13-14-20)27-24(31)17-33-26-29-28-23(16-22-8-5-15-32-22)30(26)21-6-3-2-4-7-21/h2-12,15,20,25H,13-14,16-17H2,1H3,(H,27,31). The number of benzene rings is 2. The lowest BCUT2D eigenvalue weighted by molar-refractivity contribution is -0.119. The van der Waals surface area contributed by atoms with Crippen molar-refractivity contribution < 1.29 is 4.79 Å². The molecule has 0 radical (unpaired) electrons. The monoisotopic (exact) mass is 474 g/mol. The van der Waals surface area contributed by atoms with Crippen LogP contribution in [0.25, 0.3) is 5.69 Å². The largest absolute Gasteiger partial charge is 0.348 e. The van der Waals surface area contributed by atoms with Crippen LogP contribution in [0, 0.1) is 12.8 Å². The molecule has 2 aromatic carbocycles. The van der Waals surface area contributed by atoms with Crippen LogP contribution in [0.1, 0.15) is 40.7 Å². The molecule has 1 aliphatic carbocycles. The van der Waals surface area contributed by atoms with Crippen molar-refractivity contribution in [2.75, 3.05) is 5.75 Å². The van der Waals surface area contributed by atoms with Gasteiger partial charge in [0.2, 0.25) is 5.91 Å². The third kappa shape index (κ3) is 5.37. The van der Waals surface area contributed by atoms with Crippen LogP contribution in [0.4, 0.5) is 0 Å². The number of thioether (sulfide) groups is 1. The minimum absolute atomic E-state index is 0.0277. The Kier molecular flexibility index (Phi) is 6.60. The molecular weight excluding hydrogens is 448 g/mol. The maximum absolute atomic E-state index is 12.9. The Hall–Kier alpha value is -2.90. The molecule has 1 amide bonds. The van der Waals surface area contributed by atoms with Gasteiger partial charge in [-0.25, -0.2) is 0 Å². The van der Waals surface area contributed by atoms with E-state index in [9.17, 15) is 4.79 Å². The van der Waals surface area contributed by atoms with Crippen molar-refractivity contribution in [3.8, 4) is 5.69 Å². The Morgan fingerprint density at radius 3 is 2.58 bits per heavy atom. The van der Waals surface area contributed by atoms with Gasteiger partial charge in [0.25, 0.3) is 0 Å². The first-order valence-electron chi connectivity index (χ1n) is 11.2. The number of nitrogens with zero attached hydrogens (tertiary/aromatic N) is 3. The minimum atomic E-state index is 0.0277. The summed E-state index contributed by atoms with van der Waals surface area (Å²) in [5, 5.41) is 15.0. The Morgan fingerprint density at radius 2 is 1.88 bits per heavy atom. The molecule has 7 heteroatoms. The molecule has 1 N–H and O–H groups in total. The summed E-state index contributed by atoms with van der Waals surface area (Å²) < 4.78 is 2.07. The first-order chi connectivity index (χ1) is 16.2. The maximum Gasteiger partial charge on any atom is 0.230 e.